The highest BCUT2D eigenvalue weighted by atomic mass is 32.1. The summed E-state index contributed by atoms with van der Waals surface area (Å²) in [6.45, 7) is 0.166. The van der Waals surface area contributed by atoms with Gasteiger partial charge in [0, 0.05) is 25.0 Å². The second-order valence-corrected chi connectivity index (χ2v) is 7.04. The molecule has 27 heavy (non-hydrogen) atoms. The number of rotatable bonds is 4. The molecule has 0 saturated carbocycles. The predicted octanol–water partition coefficient (Wildman–Crippen LogP) is 2.01. The number of aromatic nitrogens is 5. The second kappa shape index (κ2) is 6.76. The number of fused-ring (bicyclic) bond motifs is 1. The maximum Gasteiger partial charge on any atom is 0.263 e. The van der Waals surface area contributed by atoms with Crippen LogP contribution in [0, 0.1) is 0 Å². The number of hydrogen-bond acceptors (Lipinski definition) is 8. The standard InChI is InChI=1S/C18H17N7OS/c1-24(2)18-22-13(21-17(19)23-18)8-25-10-20-15-14(16(25)26)12(9-27-15)11-6-4-3-5-7-11/h3-7,9-10H,8H2,1-2H3,(H2,19,21,22,23). The number of nitrogens with two attached hydrogens (primary N) is 1. The summed E-state index contributed by atoms with van der Waals surface area (Å²) < 4.78 is 1.50. The fraction of sp³-hybridized carbons (Fsp3) is 0.167. The highest BCUT2D eigenvalue weighted by Crippen LogP contribution is 2.30. The van der Waals surface area contributed by atoms with Crippen LogP contribution < -0.4 is 16.2 Å². The van der Waals surface area contributed by atoms with Crippen LogP contribution in [0.1, 0.15) is 5.82 Å². The Hall–Kier alpha value is -3.33. The van der Waals surface area contributed by atoms with Crippen LogP contribution in [0.25, 0.3) is 21.3 Å². The first kappa shape index (κ1) is 17.1. The van der Waals surface area contributed by atoms with Crippen molar-refractivity contribution in [1.82, 2.24) is 24.5 Å². The minimum Gasteiger partial charge on any atom is -0.368 e. The number of benzene rings is 1. The van der Waals surface area contributed by atoms with Gasteiger partial charge in [0.15, 0.2) is 5.82 Å². The van der Waals surface area contributed by atoms with Crippen molar-refractivity contribution in [1.29, 1.82) is 0 Å². The molecular weight excluding hydrogens is 362 g/mol. The molecule has 3 aromatic heterocycles. The van der Waals surface area contributed by atoms with Crippen molar-refractivity contribution in [3.8, 4) is 11.1 Å². The molecule has 0 aliphatic carbocycles. The van der Waals surface area contributed by atoms with Crippen LogP contribution in [0.15, 0.2) is 46.8 Å². The smallest absolute Gasteiger partial charge is 0.263 e. The molecule has 0 spiro atoms. The number of nitrogens with zero attached hydrogens (tertiary/aromatic N) is 6. The van der Waals surface area contributed by atoms with Crippen molar-refractivity contribution in [3.05, 3.63) is 58.2 Å². The number of hydrogen-bond donors (Lipinski definition) is 1. The molecule has 0 radical (unpaired) electrons. The Labute approximate surface area is 159 Å². The molecule has 0 unspecified atom stereocenters. The van der Waals surface area contributed by atoms with Crippen molar-refractivity contribution in [3.63, 3.8) is 0 Å². The molecule has 1 aromatic carbocycles. The monoisotopic (exact) mass is 379 g/mol. The molecule has 0 saturated heterocycles. The molecule has 0 amide bonds. The van der Waals surface area contributed by atoms with Crippen LogP contribution in [-0.2, 0) is 6.54 Å². The van der Waals surface area contributed by atoms with Crippen molar-refractivity contribution in [2.24, 2.45) is 0 Å². The Morgan fingerprint density at radius 1 is 1.15 bits per heavy atom. The first-order valence-electron chi connectivity index (χ1n) is 8.23. The van der Waals surface area contributed by atoms with Crippen LogP contribution >= 0.6 is 11.3 Å². The van der Waals surface area contributed by atoms with Gasteiger partial charge in [-0.05, 0) is 5.56 Å². The van der Waals surface area contributed by atoms with Gasteiger partial charge in [-0.2, -0.15) is 15.0 Å². The van der Waals surface area contributed by atoms with E-state index in [9.17, 15) is 4.79 Å². The molecule has 0 fully saturated rings. The summed E-state index contributed by atoms with van der Waals surface area (Å²) in [6.07, 6.45) is 1.52. The Balaban J connectivity index is 1.80. The number of thiophene rings is 1. The second-order valence-electron chi connectivity index (χ2n) is 6.18. The third kappa shape index (κ3) is 3.24. The largest absolute Gasteiger partial charge is 0.368 e. The first-order valence-corrected chi connectivity index (χ1v) is 9.10. The van der Waals surface area contributed by atoms with Gasteiger partial charge in [-0.15, -0.1) is 11.3 Å². The molecule has 0 atom stereocenters. The van der Waals surface area contributed by atoms with Gasteiger partial charge in [-0.1, -0.05) is 30.3 Å². The first-order chi connectivity index (χ1) is 13.0. The number of nitrogen functional groups attached to an aromatic ring is 1. The van der Waals surface area contributed by atoms with Crippen LogP contribution in [0.3, 0.4) is 0 Å². The SMILES string of the molecule is CN(C)c1nc(N)nc(Cn2cnc3scc(-c4ccccc4)c3c2=O)n1. The van der Waals surface area contributed by atoms with E-state index in [1.165, 1.54) is 22.2 Å². The average Bonchev–Trinajstić information content (AvgIpc) is 3.09. The topological polar surface area (TPSA) is 103 Å². The van der Waals surface area contributed by atoms with Crippen molar-refractivity contribution in [2.45, 2.75) is 6.54 Å². The van der Waals surface area contributed by atoms with Gasteiger partial charge in [-0.3, -0.25) is 9.36 Å². The quantitative estimate of drug-likeness (QED) is 0.578. The Morgan fingerprint density at radius 3 is 2.67 bits per heavy atom. The van der Waals surface area contributed by atoms with Crippen molar-refractivity contribution >= 4 is 33.5 Å². The maximum atomic E-state index is 13.1. The minimum atomic E-state index is -0.134. The lowest BCUT2D eigenvalue weighted by Gasteiger charge is -2.12. The van der Waals surface area contributed by atoms with Gasteiger partial charge in [-0.25, -0.2) is 4.98 Å². The zero-order valence-electron chi connectivity index (χ0n) is 14.8. The predicted molar refractivity (Wildman–Crippen MR) is 107 cm³/mol. The lowest BCUT2D eigenvalue weighted by molar-refractivity contribution is 0.701. The molecule has 4 rings (SSSR count). The van der Waals surface area contributed by atoms with E-state index in [1.54, 1.807) is 4.90 Å². The van der Waals surface area contributed by atoms with E-state index in [2.05, 4.69) is 19.9 Å². The molecule has 0 aliphatic heterocycles. The van der Waals surface area contributed by atoms with Crippen LogP contribution in [0.2, 0.25) is 0 Å². The minimum absolute atomic E-state index is 0.117. The van der Waals surface area contributed by atoms with Gasteiger partial charge in [0.25, 0.3) is 5.56 Å². The van der Waals surface area contributed by atoms with Gasteiger partial charge in [0.2, 0.25) is 11.9 Å². The van der Waals surface area contributed by atoms with Crippen LogP contribution in [0.5, 0.6) is 0 Å². The van der Waals surface area contributed by atoms with E-state index in [0.717, 1.165) is 11.1 Å². The molecule has 4 aromatic rings. The fourth-order valence-corrected chi connectivity index (χ4v) is 3.67. The molecule has 2 N–H and O–H groups in total. The lowest BCUT2D eigenvalue weighted by atomic mass is 10.1. The molecule has 9 heteroatoms. The maximum absolute atomic E-state index is 13.1. The van der Waals surface area contributed by atoms with E-state index < -0.39 is 0 Å². The van der Waals surface area contributed by atoms with E-state index in [0.29, 0.717) is 22.0 Å². The van der Waals surface area contributed by atoms with E-state index in [1.807, 2.05) is 49.8 Å². The zero-order chi connectivity index (χ0) is 19.0. The third-order valence-corrected chi connectivity index (χ3v) is 4.93. The van der Waals surface area contributed by atoms with Gasteiger partial charge in [0.1, 0.15) is 4.83 Å². The summed E-state index contributed by atoms with van der Waals surface area (Å²) in [7, 11) is 3.63. The normalized spacial score (nSPS) is 11.0. The summed E-state index contributed by atoms with van der Waals surface area (Å²) in [6, 6.07) is 9.80. The Morgan fingerprint density at radius 2 is 1.93 bits per heavy atom. The molecule has 0 aliphatic rings. The zero-order valence-corrected chi connectivity index (χ0v) is 15.6. The highest BCUT2D eigenvalue weighted by Gasteiger charge is 2.14. The third-order valence-electron chi connectivity index (χ3n) is 4.04. The van der Waals surface area contributed by atoms with Crippen LogP contribution in [-0.4, -0.2) is 38.6 Å². The van der Waals surface area contributed by atoms with Crippen molar-refractivity contribution < 1.29 is 0 Å². The molecular formula is C18H17N7OS. The summed E-state index contributed by atoms with van der Waals surface area (Å²) >= 11 is 1.45. The molecule has 0 bridgehead atoms. The lowest BCUT2D eigenvalue weighted by Crippen LogP contribution is -2.23. The van der Waals surface area contributed by atoms with Crippen LogP contribution in [0.4, 0.5) is 11.9 Å². The van der Waals surface area contributed by atoms with Crippen molar-refractivity contribution in [2.75, 3.05) is 24.7 Å². The summed E-state index contributed by atoms with van der Waals surface area (Å²) in [5.41, 5.74) is 7.51. The summed E-state index contributed by atoms with van der Waals surface area (Å²) in [4.78, 5) is 32.6. The highest BCUT2D eigenvalue weighted by molar-refractivity contribution is 7.17. The fourth-order valence-electron chi connectivity index (χ4n) is 2.76. The molecule has 3 heterocycles. The van der Waals surface area contributed by atoms with Gasteiger partial charge in [0.05, 0.1) is 18.3 Å². The number of anilines is 2. The molecule has 136 valence electrons. The van der Waals surface area contributed by atoms with Gasteiger partial charge < -0.3 is 10.6 Å². The Bertz CT molecular complexity index is 1170. The van der Waals surface area contributed by atoms with E-state index >= 15 is 0 Å². The summed E-state index contributed by atoms with van der Waals surface area (Å²) in [5.74, 6) is 0.970. The average molecular weight is 379 g/mol. The molecule has 8 nitrogen and oxygen atoms in total. The van der Waals surface area contributed by atoms with Gasteiger partial charge >= 0.3 is 0 Å². The summed E-state index contributed by atoms with van der Waals surface area (Å²) in [5, 5.41) is 2.56. The van der Waals surface area contributed by atoms with E-state index in [-0.39, 0.29) is 18.1 Å². The Kier molecular flexibility index (Phi) is 4.28. The van der Waals surface area contributed by atoms with E-state index in [4.69, 9.17) is 5.73 Å².